The Balaban J connectivity index is 2.97. The number of aromatic nitrogens is 1. The molecule has 0 bridgehead atoms. The number of ether oxygens (including phenoxy) is 1. The summed E-state index contributed by atoms with van der Waals surface area (Å²) in [7, 11) is 0. The van der Waals surface area contributed by atoms with Crippen molar-refractivity contribution in [3.63, 3.8) is 0 Å². The van der Waals surface area contributed by atoms with Gasteiger partial charge in [0.15, 0.2) is 0 Å². The molecule has 0 fully saturated rings. The molecule has 0 spiro atoms. The Morgan fingerprint density at radius 3 is 2.18 bits per heavy atom. The Morgan fingerprint density at radius 2 is 1.71 bits per heavy atom. The van der Waals surface area contributed by atoms with Gasteiger partial charge < -0.3 is 24.1 Å². The van der Waals surface area contributed by atoms with E-state index in [4.69, 9.17) is 4.74 Å². The first-order valence-corrected chi connectivity index (χ1v) is 11.4. The monoisotopic (exact) mass is 483 g/mol. The van der Waals surface area contributed by atoms with Crippen molar-refractivity contribution in [3.8, 4) is 5.75 Å². The van der Waals surface area contributed by atoms with E-state index >= 15 is 0 Å². The summed E-state index contributed by atoms with van der Waals surface area (Å²) in [4.78, 5) is 26.6. The number of hydrogen-bond acceptors (Lipinski definition) is 4. The number of rotatable bonds is 7. The SMILES string of the molecule is CCCCOc1c(CN(C(=O)[O-])C(C)(C)C)n(CC(C)(C)C)c(=O)c2ccc(C(F)(F)F)cc12. The molecule has 0 N–H and O–H groups in total. The molecule has 1 aromatic carbocycles. The third-order valence-corrected chi connectivity index (χ3v) is 5.37. The molecule has 1 heterocycles. The molecule has 0 saturated heterocycles. The van der Waals surface area contributed by atoms with Gasteiger partial charge in [-0.2, -0.15) is 13.2 Å². The highest BCUT2D eigenvalue weighted by Crippen LogP contribution is 2.37. The van der Waals surface area contributed by atoms with E-state index in [-0.39, 0.29) is 47.3 Å². The lowest BCUT2D eigenvalue weighted by Crippen LogP contribution is -2.51. The van der Waals surface area contributed by atoms with Crippen LogP contribution in [0.4, 0.5) is 18.0 Å². The number of halogens is 3. The summed E-state index contributed by atoms with van der Waals surface area (Å²) in [6.07, 6.45) is -4.64. The predicted molar refractivity (Wildman–Crippen MR) is 124 cm³/mol. The molecule has 6 nitrogen and oxygen atoms in total. The van der Waals surface area contributed by atoms with Gasteiger partial charge in [-0.15, -0.1) is 0 Å². The number of unbranched alkanes of at least 4 members (excludes halogenated alkanes) is 1. The van der Waals surface area contributed by atoms with Crippen LogP contribution in [-0.2, 0) is 19.3 Å². The zero-order chi connectivity index (χ0) is 26.1. The van der Waals surface area contributed by atoms with Crippen LogP contribution in [-0.4, -0.2) is 27.7 Å². The van der Waals surface area contributed by atoms with E-state index in [2.05, 4.69) is 0 Å². The van der Waals surface area contributed by atoms with Gasteiger partial charge in [0.1, 0.15) is 11.8 Å². The normalized spacial score (nSPS) is 12.8. The van der Waals surface area contributed by atoms with Crippen LogP contribution < -0.4 is 15.4 Å². The minimum absolute atomic E-state index is 0.0169. The fourth-order valence-electron chi connectivity index (χ4n) is 3.64. The zero-order valence-electron chi connectivity index (χ0n) is 20.9. The van der Waals surface area contributed by atoms with Crippen LogP contribution in [0.3, 0.4) is 0 Å². The van der Waals surface area contributed by atoms with Gasteiger partial charge in [-0.3, -0.25) is 4.79 Å². The first kappa shape index (κ1) is 27.5. The summed E-state index contributed by atoms with van der Waals surface area (Å²) in [6, 6.07) is 2.95. The zero-order valence-corrected chi connectivity index (χ0v) is 20.9. The Bertz CT molecular complexity index is 1090. The first-order valence-electron chi connectivity index (χ1n) is 11.4. The second-order valence-corrected chi connectivity index (χ2v) is 10.7. The van der Waals surface area contributed by atoms with Crippen LogP contribution in [0.1, 0.15) is 72.6 Å². The molecule has 0 aliphatic heterocycles. The van der Waals surface area contributed by atoms with Crippen molar-refractivity contribution in [2.45, 2.75) is 86.1 Å². The largest absolute Gasteiger partial charge is 0.530 e. The van der Waals surface area contributed by atoms with Crippen molar-refractivity contribution >= 4 is 16.9 Å². The van der Waals surface area contributed by atoms with Gasteiger partial charge in [0.2, 0.25) is 0 Å². The predicted octanol–water partition coefficient (Wildman–Crippen LogP) is 5.19. The van der Waals surface area contributed by atoms with Crippen LogP contribution in [0.15, 0.2) is 23.0 Å². The first-order chi connectivity index (χ1) is 15.5. The van der Waals surface area contributed by atoms with E-state index < -0.39 is 28.9 Å². The summed E-state index contributed by atoms with van der Waals surface area (Å²) in [5, 5.41) is 12.1. The number of benzene rings is 1. The Hall–Kier alpha value is -2.71. The van der Waals surface area contributed by atoms with Gasteiger partial charge in [-0.25, -0.2) is 0 Å². The van der Waals surface area contributed by atoms with Crippen molar-refractivity contribution in [3.05, 3.63) is 39.8 Å². The lowest BCUT2D eigenvalue weighted by atomic mass is 9.95. The van der Waals surface area contributed by atoms with Gasteiger partial charge in [-0.05, 0) is 50.8 Å². The number of fused-ring (bicyclic) bond motifs is 1. The maximum absolute atomic E-state index is 13.5. The van der Waals surface area contributed by atoms with Crippen molar-refractivity contribution in [1.82, 2.24) is 9.47 Å². The van der Waals surface area contributed by atoms with E-state index in [1.54, 1.807) is 20.8 Å². The third kappa shape index (κ3) is 6.45. The molecular weight excluding hydrogens is 449 g/mol. The van der Waals surface area contributed by atoms with Crippen LogP contribution >= 0.6 is 0 Å². The summed E-state index contributed by atoms with van der Waals surface area (Å²) in [6.45, 7) is 12.9. The van der Waals surface area contributed by atoms with Gasteiger partial charge >= 0.3 is 6.18 Å². The molecule has 1 amide bonds. The van der Waals surface area contributed by atoms with Crippen LogP contribution in [0.5, 0.6) is 5.75 Å². The Kier molecular flexibility index (Phi) is 8.00. The topological polar surface area (TPSA) is 74.6 Å². The molecule has 0 unspecified atom stereocenters. The smallest absolute Gasteiger partial charge is 0.416 e. The molecule has 2 aromatic rings. The minimum atomic E-state index is -4.61. The van der Waals surface area contributed by atoms with Gasteiger partial charge in [-0.1, -0.05) is 34.1 Å². The Labute approximate surface area is 198 Å². The molecule has 0 aliphatic carbocycles. The molecule has 190 valence electrons. The molecule has 2 rings (SSSR count). The third-order valence-electron chi connectivity index (χ3n) is 5.37. The van der Waals surface area contributed by atoms with Crippen molar-refractivity contribution in [2.75, 3.05) is 6.61 Å². The number of amides is 1. The number of nitrogens with zero attached hydrogens (tertiary/aromatic N) is 2. The average Bonchev–Trinajstić information content (AvgIpc) is 2.67. The van der Waals surface area contributed by atoms with Crippen LogP contribution in [0.2, 0.25) is 0 Å². The molecule has 34 heavy (non-hydrogen) atoms. The van der Waals surface area contributed by atoms with E-state index in [9.17, 15) is 27.9 Å². The summed E-state index contributed by atoms with van der Waals surface area (Å²) >= 11 is 0. The van der Waals surface area contributed by atoms with Gasteiger partial charge in [0.05, 0.1) is 29.8 Å². The second-order valence-electron chi connectivity index (χ2n) is 10.7. The maximum atomic E-state index is 13.5. The minimum Gasteiger partial charge on any atom is -0.530 e. The molecule has 9 heteroatoms. The number of carbonyl (C=O) groups excluding carboxylic acids is 1. The fourth-order valence-corrected chi connectivity index (χ4v) is 3.64. The van der Waals surface area contributed by atoms with Crippen LogP contribution in [0.25, 0.3) is 10.8 Å². The number of carbonyl (C=O) groups is 1. The highest BCUT2D eigenvalue weighted by atomic mass is 19.4. The number of pyridine rings is 1. The van der Waals surface area contributed by atoms with Crippen molar-refractivity contribution < 1.29 is 27.8 Å². The number of carboxylic acid groups (broad SMARTS) is 1. The van der Waals surface area contributed by atoms with Gasteiger partial charge in [0.25, 0.3) is 5.56 Å². The molecule has 1 aromatic heterocycles. The van der Waals surface area contributed by atoms with E-state index in [0.29, 0.717) is 6.42 Å². The molecule has 0 radical (unpaired) electrons. The maximum Gasteiger partial charge on any atom is 0.416 e. The highest BCUT2D eigenvalue weighted by molar-refractivity contribution is 5.89. The quantitative estimate of drug-likeness (QED) is 0.508. The van der Waals surface area contributed by atoms with Crippen molar-refractivity contribution in [1.29, 1.82) is 0 Å². The van der Waals surface area contributed by atoms with Gasteiger partial charge in [0, 0.05) is 17.5 Å². The van der Waals surface area contributed by atoms with Crippen molar-refractivity contribution in [2.24, 2.45) is 5.41 Å². The molecular formula is C25H34F3N2O4-. The lowest BCUT2D eigenvalue weighted by Gasteiger charge is -2.39. The summed E-state index contributed by atoms with van der Waals surface area (Å²) in [5.74, 6) is 0.0916. The summed E-state index contributed by atoms with van der Waals surface area (Å²) < 4.78 is 48.0. The number of hydrogen-bond donors (Lipinski definition) is 0. The summed E-state index contributed by atoms with van der Waals surface area (Å²) in [5.41, 5.74) is -2.46. The van der Waals surface area contributed by atoms with E-state index in [0.717, 1.165) is 29.5 Å². The standard InChI is InChI=1S/C25H35F3N2O4/c1-8-9-12-34-20-18-13-16(25(26,27)28)10-11-17(18)21(31)29(15-23(2,3)4)19(20)14-30(22(32)33)24(5,6)7/h10-11,13H,8-9,12,14-15H2,1-7H3,(H,32,33)/p-1. The lowest BCUT2D eigenvalue weighted by molar-refractivity contribution is -0.271. The Morgan fingerprint density at radius 1 is 1.09 bits per heavy atom. The highest BCUT2D eigenvalue weighted by Gasteiger charge is 2.33. The fraction of sp³-hybridized carbons (Fsp3) is 0.600. The second kappa shape index (κ2) is 9.88. The number of alkyl halides is 3. The molecule has 0 aliphatic rings. The van der Waals surface area contributed by atoms with Crippen LogP contribution in [0, 0.1) is 5.41 Å². The molecule has 0 atom stereocenters. The average molecular weight is 484 g/mol. The van der Waals surface area contributed by atoms with E-state index in [1.807, 2.05) is 27.7 Å². The molecule has 0 saturated carbocycles. The van der Waals surface area contributed by atoms with E-state index in [1.165, 1.54) is 4.57 Å².